The van der Waals surface area contributed by atoms with E-state index < -0.39 is 27.2 Å². The van der Waals surface area contributed by atoms with Crippen molar-refractivity contribution in [3.8, 4) is 0 Å². The molecule has 1 atom stereocenters. The molecule has 1 heterocycles. The number of rotatable bonds is 6. The fourth-order valence-corrected chi connectivity index (χ4v) is 5.08. The molecule has 30 heavy (non-hydrogen) atoms. The number of imide groups is 1. The molecule has 1 aliphatic rings. The Labute approximate surface area is 180 Å². The highest BCUT2D eigenvalue weighted by molar-refractivity contribution is 8.00. The van der Waals surface area contributed by atoms with Gasteiger partial charge >= 0.3 is 6.03 Å². The van der Waals surface area contributed by atoms with Gasteiger partial charge in [-0.05, 0) is 44.9 Å². The molecule has 0 bridgehead atoms. The van der Waals surface area contributed by atoms with Crippen LogP contribution in [-0.2, 0) is 21.4 Å². The number of benzene rings is 1. The average molecular weight is 454 g/mol. The maximum atomic E-state index is 12.5. The summed E-state index contributed by atoms with van der Waals surface area (Å²) in [7, 11) is -3.83. The lowest BCUT2D eigenvalue weighted by Crippen LogP contribution is -2.47. The Balaban J connectivity index is 1.69. The van der Waals surface area contributed by atoms with Gasteiger partial charge in [-0.2, -0.15) is 0 Å². The van der Waals surface area contributed by atoms with Crippen LogP contribution in [0.4, 0.5) is 4.79 Å². The summed E-state index contributed by atoms with van der Waals surface area (Å²) < 4.78 is 25.1. The van der Waals surface area contributed by atoms with E-state index in [9.17, 15) is 18.0 Å². The summed E-state index contributed by atoms with van der Waals surface area (Å²) in [5, 5.41) is 10.5. The second-order valence-corrected chi connectivity index (χ2v) is 10.3. The normalized spacial score (nSPS) is 16.4. The molecule has 2 aromatic rings. The predicted molar refractivity (Wildman–Crippen MR) is 116 cm³/mol. The fraction of sp³-hybridized carbons (Fsp3) is 0.526. The summed E-state index contributed by atoms with van der Waals surface area (Å²) in [6, 6.07) is 4.15. The van der Waals surface area contributed by atoms with Crippen LogP contribution in [0, 0.1) is 0 Å². The van der Waals surface area contributed by atoms with Gasteiger partial charge in [0.05, 0.1) is 21.2 Å². The summed E-state index contributed by atoms with van der Waals surface area (Å²) >= 11 is 1.21. The fourth-order valence-electron chi connectivity index (χ4n) is 3.55. The van der Waals surface area contributed by atoms with Crippen molar-refractivity contribution in [3.05, 3.63) is 18.2 Å². The van der Waals surface area contributed by atoms with Crippen molar-refractivity contribution in [2.75, 3.05) is 0 Å². The number of nitrogens with zero attached hydrogens (tertiary/aromatic N) is 2. The first-order chi connectivity index (χ1) is 14.2. The van der Waals surface area contributed by atoms with Crippen LogP contribution in [0.3, 0.4) is 0 Å². The Hall–Kier alpha value is -2.11. The number of carbonyl (C=O) groups is 2. The number of aromatic nitrogens is 2. The van der Waals surface area contributed by atoms with E-state index in [4.69, 9.17) is 5.14 Å². The molecule has 164 valence electrons. The molecule has 0 spiro atoms. The number of aryl methyl sites for hydroxylation is 1. The Morgan fingerprint density at radius 2 is 2.00 bits per heavy atom. The van der Waals surface area contributed by atoms with Gasteiger partial charge in [-0.1, -0.05) is 31.0 Å². The van der Waals surface area contributed by atoms with E-state index in [1.54, 1.807) is 13.0 Å². The lowest BCUT2D eigenvalue weighted by atomic mass is 9.96. The smallest absolute Gasteiger partial charge is 0.321 e. The van der Waals surface area contributed by atoms with Gasteiger partial charge in [-0.15, -0.1) is 0 Å². The van der Waals surface area contributed by atoms with Gasteiger partial charge in [0.15, 0.2) is 5.16 Å². The Morgan fingerprint density at radius 1 is 1.30 bits per heavy atom. The van der Waals surface area contributed by atoms with E-state index in [2.05, 4.69) is 15.6 Å². The highest BCUT2D eigenvalue weighted by Gasteiger charge is 2.23. The lowest BCUT2D eigenvalue weighted by Gasteiger charge is -2.23. The SMILES string of the molecule is CCn1c(SC(C)C(=O)NC(=O)NC2CCCCC2)nc2cc(S(N)(=O)=O)ccc21. The molecule has 1 fully saturated rings. The van der Waals surface area contributed by atoms with E-state index in [1.165, 1.54) is 30.3 Å². The van der Waals surface area contributed by atoms with Crippen molar-refractivity contribution >= 4 is 44.8 Å². The van der Waals surface area contributed by atoms with Gasteiger partial charge in [0, 0.05) is 12.6 Å². The number of carbonyl (C=O) groups excluding carboxylic acids is 2. The van der Waals surface area contributed by atoms with Crippen LogP contribution in [0.1, 0.15) is 46.0 Å². The minimum atomic E-state index is -3.83. The molecule has 0 aliphatic heterocycles. The minimum Gasteiger partial charge on any atom is -0.335 e. The van der Waals surface area contributed by atoms with E-state index >= 15 is 0 Å². The topological polar surface area (TPSA) is 136 Å². The van der Waals surface area contributed by atoms with E-state index in [-0.39, 0.29) is 10.9 Å². The Bertz CT molecular complexity index is 1040. The quantitative estimate of drug-likeness (QED) is 0.574. The first-order valence-electron chi connectivity index (χ1n) is 10.00. The van der Waals surface area contributed by atoms with Gasteiger partial charge < -0.3 is 9.88 Å². The molecule has 1 aromatic carbocycles. The zero-order chi connectivity index (χ0) is 21.9. The third kappa shape index (κ3) is 5.32. The van der Waals surface area contributed by atoms with Crippen LogP contribution in [-0.4, -0.2) is 41.2 Å². The molecular formula is C19H27N5O4S2. The largest absolute Gasteiger partial charge is 0.335 e. The standard InChI is InChI=1S/C19H27N5O4S2/c1-3-24-16-10-9-14(30(20,27)28)11-15(16)22-19(24)29-12(2)17(25)23-18(26)21-13-7-5-4-6-8-13/h9-13H,3-8H2,1-2H3,(H2,20,27,28)(H2,21,23,25,26). The van der Waals surface area contributed by atoms with Crippen LogP contribution in [0.5, 0.6) is 0 Å². The predicted octanol–water partition coefficient (Wildman–Crippen LogP) is 2.34. The Kier molecular flexibility index (Phi) is 7.04. The van der Waals surface area contributed by atoms with Gasteiger partial charge in [0.2, 0.25) is 15.9 Å². The van der Waals surface area contributed by atoms with Crippen molar-refractivity contribution in [1.82, 2.24) is 20.2 Å². The first kappa shape index (κ1) is 22.6. The van der Waals surface area contributed by atoms with Crippen LogP contribution < -0.4 is 15.8 Å². The lowest BCUT2D eigenvalue weighted by molar-refractivity contribution is -0.119. The third-order valence-corrected chi connectivity index (χ3v) is 7.16. The van der Waals surface area contributed by atoms with Gasteiger partial charge in [-0.3, -0.25) is 10.1 Å². The molecule has 3 rings (SSSR count). The number of urea groups is 1. The molecule has 4 N–H and O–H groups in total. The summed E-state index contributed by atoms with van der Waals surface area (Å²) in [4.78, 5) is 29.1. The zero-order valence-corrected chi connectivity index (χ0v) is 18.7. The molecule has 9 nitrogen and oxygen atoms in total. The molecule has 3 amide bonds. The second kappa shape index (κ2) is 9.36. The van der Waals surface area contributed by atoms with Crippen LogP contribution in [0.15, 0.2) is 28.3 Å². The van der Waals surface area contributed by atoms with Crippen molar-refractivity contribution in [3.63, 3.8) is 0 Å². The van der Waals surface area contributed by atoms with Crippen LogP contribution >= 0.6 is 11.8 Å². The number of nitrogens with two attached hydrogens (primary N) is 1. The highest BCUT2D eigenvalue weighted by atomic mass is 32.2. The molecule has 0 radical (unpaired) electrons. The van der Waals surface area contributed by atoms with Gasteiger partial charge in [0.25, 0.3) is 0 Å². The van der Waals surface area contributed by atoms with Gasteiger partial charge in [-0.25, -0.2) is 23.3 Å². The highest BCUT2D eigenvalue weighted by Crippen LogP contribution is 2.28. The number of nitrogens with one attached hydrogen (secondary N) is 2. The van der Waals surface area contributed by atoms with Crippen molar-refractivity contribution in [1.29, 1.82) is 0 Å². The molecule has 11 heteroatoms. The van der Waals surface area contributed by atoms with Crippen molar-refractivity contribution < 1.29 is 18.0 Å². The monoisotopic (exact) mass is 453 g/mol. The Morgan fingerprint density at radius 3 is 2.63 bits per heavy atom. The minimum absolute atomic E-state index is 0.0162. The van der Waals surface area contributed by atoms with E-state index in [0.29, 0.717) is 17.2 Å². The van der Waals surface area contributed by atoms with Crippen LogP contribution in [0.2, 0.25) is 0 Å². The maximum absolute atomic E-state index is 12.5. The number of hydrogen-bond acceptors (Lipinski definition) is 6. The number of imidazole rings is 1. The summed E-state index contributed by atoms with van der Waals surface area (Å²) in [5.41, 5.74) is 1.23. The van der Waals surface area contributed by atoms with Crippen molar-refractivity contribution in [2.45, 2.75) is 73.8 Å². The zero-order valence-electron chi connectivity index (χ0n) is 17.1. The number of thioether (sulfide) groups is 1. The number of fused-ring (bicyclic) bond motifs is 1. The van der Waals surface area contributed by atoms with Crippen LogP contribution in [0.25, 0.3) is 11.0 Å². The van der Waals surface area contributed by atoms with E-state index in [1.807, 2.05) is 11.5 Å². The molecule has 1 aromatic heterocycles. The summed E-state index contributed by atoms with van der Waals surface area (Å²) in [6.07, 6.45) is 5.24. The molecule has 1 unspecified atom stereocenters. The van der Waals surface area contributed by atoms with Gasteiger partial charge in [0.1, 0.15) is 0 Å². The van der Waals surface area contributed by atoms with E-state index in [0.717, 1.165) is 31.2 Å². The maximum Gasteiger partial charge on any atom is 0.321 e. The molecule has 1 saturated carbocycles. The summed E-state index contributed by atoms with van der Waals surface area (Å²) in [5.74, 6) is -0.409. The van der Waals surface area contributed by atoms with Crippen molar-refractivity contribution in [2.24, 2.45) is 5.14 Å². The molecular weight excluding hydrogens is 426 g/mol. The number of hydrogen-bond donors (Lipinski definition) is 3. The first-order valence-corrected chi connectivity index (χ1v) is 12.4. The third-order valence-electron chi connectivity index (χ3n) is 5.16. The molecule has 0 saturated heterocycles. The number of sulfonamides is 1. The number of amides is 3. The molecule has 1 aliphatic carbocycles. The number of primary sulfonamides is 1. The second-order valence-electron chi connectivity index (χ2n) is 7.39. The average Bonchev–Trinajstić information content (AvgIpc) is 3.03. The summed E-state index contributed by atoms with van der Waals surface area (Å²) in [6.45, 7) is 4.22.